The van der Waals surface area contributed by atoms with E-state index in [1.54, 1.807) is 24.3 Å². The quantitative estimate of drug-likeness (QED) is 0.768. The number of nitrogens with zero attached hydrogens (tertiary/aromatic N) is 2. The Hall–Kier alpha value is -2.28. The number of fused-ring (bicyclic) bond motifs is 1. The molecule has 1 aromatic carbocycles. The Morgan fingerprint density at radius 3 is 2.28 bits per heavy atom. The van der Waals surface area contributed by atoms with Gasteiger partial charge in [-0.2, -0.15) is 5.26 Å². The fourth-order valence-electron chi connectivity index (χ4n) is 2.15. The van der Waals surface area contributed by atoms with E-state index in [-0.39, 0.29) is 11.4 Å². The lowest BCUT2D eigenvalue weighted by Gasteiger charge is -2.25. The number of pyridine rings is 1. The van der Waals surface area contributed by atoms with Crippen LogP contribution in [0.4, 0.5) is 5.82 Å². The fraction of sp³-hybridized carbons (Fsp3) is 0.286. The molecular weight excluding hydrogens is 226 g/mol. The van der Waals surface area contributed by atoms with Crippen LogP contribution in [0.1, 0.15) is 26.3 Å². The van der Waals surface area contributed by atoms with Gasteiger partial charge in [-0.15, -0.1) is 0 Å². The minimum absolute atomic E-state index is 0.158. The van der Waals surface area contributed by atoms with Gasteiger partial charge in [0.15, 0.2) is 0 Å². The van der Waals surface area contributed by atoms with Gasteiger partial charge in [-0.3, -0.25) is 9.36 Å². The SMILES string of the molecule is CC(C)(C)n1c(N)c(C#N)c2ccccc2c1=O. The van der Waals surface area contributed by atoms with E-state index in [1.807, 2.05) is 20.8 Å². The lowest BCUT2D eigenvalue weighted by atomic mass is 10.0. The van der Waals surface area contributed by atoms with Gasteiger partial charge in [-0.05, 0) is 26.8 Å². The number of hydrogen-bond acceptors (Lipinski definition) is 3. The number of nitrogen functional groups attached to an aromatic ring is 1. The Morgan fingerprint density at radius 1 is 1.22 bits per heavy atom. The van der Waals surface area contributed by atoms with Crippen LogP contribution < -0.4 is 11.3 Å². The molecule has 0 atom stereocenters. The molecule has 0 unspecified atom stereocenters. The maximum absolute atomic E-state index is 12.4. The Balaban J connectivity index is 3.09. The van der Waals surface area contributed by atoms with Gasteiger partial charge in [0.2, 0.25) is 0 Å². The molecule has 0 bridgehead atoms. The predicted octanol–water partition coefficient (Wildman–Crippen LogP) is 2.21. The third-order valence-electron chi connectivity index (χ3n) is 2.91. The minimum Gasteiger partial charge on any atom is -0.384 e. The first-order valence-electron chi connectivity index (χ1n) is 5.71. The number of benzene rings is 1. The average molecular weight is 241 g/mol. The average Bonchev–Trinajstić information content (AvgIpc) is 2.28. The smallest absolute Gasteiger partial charge is 0.260 e. The number of nitriles is 1. The van der Waals surface area contributed by atoms with Crippen LogP contribution in [-0.4, -0.2) is 4.57 Å². The van der Waals surface area contributed by atoms with Crippen molar-refractivity contribution in [3.05, 3.63) is 40.2 Å². The van der Waals surface area contributed by atoms with Crippen molar-refractivity contribution in [2.24, 2.45) is 0 Å². The molecule has 1 aromatic heterocycles. The van der Waals surface area contributed by atoms with Gasteiger partial charge in [0.05, 0.1) is 0 Å². The molecule has 0 radical (unpaired) electrons. The summed E-state index contributed by atoms with van der Waals surface area (Å²) in [6.45, 7) is 5.67. The second kappa shape index (κ2) is 3.88. The Bertz CT molecular complexity index is 715. The van der Waals surface area contributed by atoms with E-state index in [2.05, 4.69) is 6.07 Å². The molecule has 2 aromatic rings. The van der Waals surface area contributed by atoms with E-state index < -0.39 is 5.54 Å². The zero-order valence-corrected chi connectivity index (χ0v) is 10.7. The van der Waals surface area contributed by atoms with Crippen LogP contribution in [0, 0.1) is 11.3 Å². The van der Waals surface area contributed by atoms with E-state index >= 15 is 0 Å². The monoisotopic (exact) mass is 241 g/mol. The molecule has 0 amide bonds. The first kappa shape index (κ1) is 12.2. The number of anilines is 1. The van der Waals surface area contributed by atoms with E-state index in [0.29, 0.717) is 16.3 Å². The normalized spacial score (nSPS) is 11.4. The molecule has 92 valence electrons. The van der Waals surface area contributed by atoms with Gasteiger partial charge < -0.3 is 5.73 Å². The van der Waals surface area contributed by atoms with Crippen molar-refractivity contribution in [3.63, 3.8) is 0 Å². The predicted molar refractivity (Wildman–Crippen MR) is 72.3 cm³/mol. The van der Waals surface area contributed by atoms with Crippen molar-refractivity contribution in [3.8, 4) is 6.07 Å². The molecule has 0 aliphatic rings. The molecule has 0 saturated carbocycles. The van der Waals surface area contributed by atoms with Gasteiger partial charge in [-0.25, -0.2) is 0 Å². The summed E-state index contributed by atoms with van der Waals surface area (Å²) in [6.07, 6.45) is 0. The van der Waals surface area contributed by atoms with E-state index in [1.165, 1.54) is 4.57 Å². The minimum atomic E-state index is -0.462. The molecule has 0 aliphatic heterocycles. The molecular formula is C14H15N3O. The standard InChI is InChI=1S/C14H15N3O/c1-14(2,3)17-12(16)11(8-15)9-6-4-5-7-10(9)13(17)18/h4-7H,16H2,1-3H3. The molecule has 2 N–H and O–H groups in total. The van der Waals surface area contributed by atoms with Gasteiger partial charge >= 0.3 is 0 Å². The zero-order valence-electron chi connectivity index (χ0n) is 10.7. The summed E-state index contributed by atoms with van der Waals surface area (Å²) in [5.41, 5.74) is 5.73. The third-order valence-corrected chi connectivity index (χ3v) is 2.91. The van der Waals surface area contributed by atoms with Crippen LogP contribution in [0.5, 0.6) is 0 Å². The largest absolute Gasteiger partial charge is 0.384 e. The maximum Gasteiger partial charge on any atom is 0.260 e. The first-order valence-corrected chi connectivity index (χ1v) is 5.71. The van der Waals surface area contributed by atoms with Gasteiger partial charge in [0.25, 0.3) is 5.56 Å². The van der Waals surface area contributed by atoms with Crippen LogP contribution in [0.2, 0.25) is 0 Å². The van der Waals surface area contributed by atoms with Gasteiger partial charge in [0.1, 0.15) is 17.5 Å². The van der Waals surface area contributed by atoms with Crippen molar-refractivity contribution in [2.75, 3.05) is 5.73 Å². The number of rotatable bonds is 0. The second-order valence-corrected chi connectivity index (χ2v) is 5.23. The van der Waals surface area contributed by atoms with Crippen molar-refractivity contribution < 1.29 is 0 Å². The third kappa shape index (κ3) is 1.65. The van der Waals surface area contributed by atoms with Crippen LogP contribution in [-0.2, 0) is 5.54 Å². The lowest BCUT2D eigenvalue weighted by Crippen LogP contribution is -2.36. The summed E-state index contributed by atoms with van der Waals surface area (Å²) in [4.78, 5) is 12.4. The summed E-state index contributed by atoms with van der Waals surface area (Å²) < 4.78 is 1.48. The zero-order chi connectivity index (χ0) is 13.5. The Kier molecular flexibility index (Phi) is 2.63. The summed E-state index contributed by atoms with van der Waals surface area (Å²) in [5.74, 6) is 0.230. The van der Waals surface area contributed by atoms with E-state index in [4.69, 9.17) is 5.73 Å². The lowest BCUT2D eigenvalue weighted by molar-refractivity contribution is 0.392. The van der Waals surface area contributed by atoms with Crippen LogP contribution in [0.15, 0.2) is 29.1 Å². The summed E-state index contributed by atoms with van der Waals surface area (Å²) in [6, 6.07) is 9.15. The highest BCUT2D eigenvalue weighted by molar-refractivity contribution is 5.90. The van der Waals surface area contributed by atoms with Crippen LogP contribution >= 0.6 is 0 Å². The highest BCUT2D eigenvalue weighted by Crippen LogP contribution is 2.25. The molecule has 0 aliphatic carbocycles. The van der Waals surface area contributed by atoms with Crippen LogP contribution in [0.25, 0.3) is 10.8 Å². The fourth-order valence-corrected chi connectivity index (χ4v) is 2.15. The van der Waals surface area contributed by atoms with E-state index in [9.17, 15) is 10.1 Å². The first-order chi connectivity index (χ1) is 8.38. The summed E-state index contributed by atoms with van der Waals surface area (Å²) in [5, 5.41) is 10.4. The highest BCUT2D eigenvalue weighted by Gasteiger charge is 2.22. The van der Waals surface area contributed by atoms with Crippen molar-refractivity contribution >= 4 is 16.6 Å². The van der Waals surface area contributed by atoms with E-state index in [0.717, 1.165) is 0 Å². The number of aromatic nitrogens is 1. The van der Waals surface area contributed by atoms with Crippen molar-refractivity contribution in [1.82, 2.24) is 4.57 Å². The molecule has 4 nitrogen and oxygen atoms in total. The Labute approximate surface area is 105 Å². The molecule has 0 spiro atoms. The molecule has 1 heterocycles. The summed E-state index contributed by atoms with van der Waals surface area (Å²) >= 11 is 0. The van der Waals surface area contributed by atoms with Crippen molar-refractivity contribution in [1.29, 1.82) is 5.26 Å². The molecule has 18 heavy (non-hydrogen) atoms. The topological polar surface area (TPSA) is 71.8 Å². The highest BCUT2D eigenvalue weighted by atomic mass is 16.1. The molecule has 0 fully saturated rings. The maximum atomic E-state index is 12.4. The molecule has 2 rings (SSSR count). The Morgan fingerprint density at radius 2 is 1.78 bits per heavy atom. The number of hydrogen-bond donors (Lipinski definition) is 1. The second-order valence-electron chi connectivity index (χ2n) is 5.23. The molecule has 4 heteroatoms. The van der Waals surface area contributed by atoms with Gasteiger partial charge in [-0.1, -0.05) is 18.2 Å². The number of nitrogens with two attached hydrogens (primary N) is 1. The summed E-state index contributed by atoms with van der Waals surface area (Å²) in [7, 11) is 0. The molecule has 0 saturated heterocycles. The van der Waals surface area contributed by atoms with Crippen LogP contribution in [0.3, 0.4) is 0 Å². The van der Waals surface area contributed by atoms with Gasteiger partial charge in [0, 0.05) is 16.3 Å². The van der Waals surface area contributed by atoms with Crippen molar-refractivity contribution in [2.45, 2.75) is 26.3 Å².